The summed E-state index contributed by atoms with van der Waals surface area (Å²) in [6.45, 7) is 3.80. The zero-order valence-corrected chi connectivity index (χ0v) is 11.2. The van der Waals surface area contributed by atoms with Crippen molar-refractivity contribution in [3.63, 3.8) is 0 Å². The van der Waals surface area contributed by atoms with Gasteiger partial charge in [0.25, 0.3) is 0 Å². The Morgan fingerprint density at radius 2 is 2.06 bits per heavy atom. The maximum absolute atomic E-state index is 5.67. The number of hydrogen-bond donors (Lipinski definition) is 0. The zero-order valence-electron chi connectivity index (χ0n) is 9.66. The van der Waals surface area contributed by atoms with Gasteiger partial charge in [-0.3, -0.25) is 0 Å². The Morgan fingerprint density at radius 1 is 1.25 bits per heavy atom. The van der Waals surface area contributed by atoms with Crippen LogP contribution in [0, 0.1) is 0 Å². The van der Waals surface area contributed by atoms with Crippen LogP contribution in [0.15, 0.2) is 18.2 Å². The Kier molecular flexibility index (Phi) is 6.26. The first-order valence-electron chi connectivity index (χ1n) is 5.25. The molecule has 0 bridgehead atoms. The van der Waals surface area contributed by atoms with Crippen LogP contribution in [-0.4, -0.2) is 26.9 Å². The lowest BCUT2D eigenvalue weighted by Gasteiger charge is -2.13. The van der Waals surface area contributed by atoms with E-state index in [9.17, 15) is 0 Å². The molecule has 0 spiro atoms. The van der Waals surface area contributed by atoms with Crippen LogP contribution in [0.25, 0.3) is 0 Å². The lowest BCUT2D eigenvalue weighted by atomic mass is 10.2. The van der Waals surface area contributed by atoms with Crippen LogP contribution >= 0.6 is 15.9 Å². The molecule has 0 unspecified atom stereocenters. The van der Waals surface area contributed by atoms with Crippen molar-refractivity contribution < 1.29 is 14.2 Å². The second-order valence-electron chi connectivity index (χ2n) is 3.13. The molecular formula is C12H17BrO3. The van der Waals surface area contributed by atoms with Gasteiger partial charge in [0.05, 0.1) is 13.7 Å². The number of halogens is 1. The number of hydrogen-bond acceptors (Lipinski definition) is 3. The third-order valence-corrected chi connectivity index (χ3v) is 2.71. The van der Waals surface area contributed by atoms with Crippen molar-refractivity contribution >= 4 is 15.9 Å². The quantitative estimate of drug-likeness (QED) is 0.570. The van der Waals surface area contributed by atoms with Crippen molar-refractivity contribution in [1.29, 1.82) is 0 Å². The van der Waals surface area contributed by atoms with E-state index in [0.717, 1.165) is 22.4 Å². The molecule has 1 rings (SSSR count). The molecule has 1 aromatic carbocycles. The third kappa shape index (κ3) is 3.68. The maximum atomic E-state index is 5.67. The molecule has 0 aliphatic carbocycles. The average Bonchev–Trinajstić information content (AvgIpc) is 2.34. The second-order valence-corrected chi connectivity index (χ2v) is 3.69. The van der Waals surface area contributed by atoms with Crippen molar-refractivity contribution in [1.82, 2.24) is 0 Å². The topological polar surface area (TPSA) is 27.7 Å². The Bertz CT molecular complexity index is 293. The molecular weight excluding hydrogens is 272 g/mol. The summed E-state index contributed by atoms with van der Waals surface area (Å²) < 4.78 is 16.2. The van der Waals surface area contributed by atoms with Gasteiger partial charge in [-0.15, -0.1) is 0 Å². The number of alkyl halides is 1. The summed E-state index contributed by atoms with van der Waals surface area (Å²) >= 11 is 3.43. The van der Waals surface area contributed by atoms with E-state index >= 15 is 0 Å². The zero-order chi connectivity index (χ0) is 11.8. The molecule has 0 heterocycles. The van der Waals surface area contributed by atoms with E-state index in [1.54, 1.807) is 7.11 Å². The highest BCUT2D eigenvalue weighted by atomic mass is 79.9. The maximum Gasteiger partial charge on any atom is 0.165 e. The van der Waals surface area contributed by atoms with Gasteiger partial charge in [0.15, 0.2) is 11.5 Å². The van der Waals surface area contributed by atoms with Gasteiger partial charge in [-0.2, -0.15) is 0 Å². The molecule has 0 radical (unpaired) electrons. The molecule has 0 aliphatic heterocycles. The molecule has 0 amide bonds. The number of methoxy groups -OCH3 is 1. The largest absolute Gasteiger partial charge is 0.493 e. The average molecular weight is 289 g/mol. The van der Waals surface area contributed by atoms with E-state index in [1.807, 2.05) is 25.1 Å². The highest BCUT2D eigenvalue weighted by molar-refractivity contribution is 9.08. The first-order valence-corrected chi connectivity index (χ1v) is 6.38. The van der Waals surface area contributed by atoms with Gasteiger partial charge in [0.2, 0.25) is 0 Å². The third-order valence-electron chi connectivity index (χ3n) is 2.10. The monoisotopic (exact) mass is 288 g/mol. The standard InChI is InChI=1S/C12H17BrO3/c1-3-15-7-8-16-12-10(9-13)5-4-6-11(12)14-2/h4-6H,3,7-9H2,1-2H3. The normalized spacial score (nSPS) is 10.2. The summed E-state index contributed by atoms with van der Waals surface area (Å²) in [6.07, 6.45) is 0. The van der Waals surface area contributed by atoms with Crippen molar-refractivity contribution in [3.05, 3.63) is 23.8 Å². The Hall–Kier alpha value is -0.740. The molecule has 1 aromatic rings. The molecule has 4 heteroatoms. The van der Waals surface area contributed by atoms with Gasteiger partial charge in [0.1, 0.15) is 6.61 Å². The lowest BCUT2D eigenvalue weighted by Crippen LogP contribution is -2.08. The molecule has 0 saturated heterocycles. The Morgan fingerprint density at radius 3 is 2.69 bits per heavy atom. The fraction of sp³-hybridized carbons (Fsp3) is 0.500. The van der Waals surface area contributed by atoms with Crippen LogP contribution in [-0.2, 0) is 10.1 Å². The minimum Gasteiger partial charge on any atom is -0.493 e. The number of rotatable bonds is 7. The van der Waals surface area contributed by atoms with Crippen LogP contribution in [0.3, 0.4) is 0 Å². The smallest absolute Gasteiger partial charge is 0.165 e. The lowest BCUT2D eigenvalue weighted by molar-refractivity contribution is 0.108. The van der Waals surface area contributed by atoms with Crippen molar-refractivity contribution in [2.45, 2.75) is 12.3 Å². The molecule has 0 atom stereocenters. The van der Waals surface area contributed by atoms with Crippen LogP contribution in [0.1, 0.15) is 12.5 Å². The molecule has 0 N–H and O–H groups in total. The number of ether oxygens (including phenoxy) is 3. The van der Waals surface area contributed by atoms with E-state index < -0.39 is 0 Å². The van der Waals surface area contributed by atoms with Gasteiger partial charge in [-0.05, 0) is 13.0 Å². The fourth-order valence-corrected chi connectivity index (χ4v) is 1.78. The van der Waals surface area contributed by atoms with E-state index in [2.05, 4.69) is 15.9 Å². The Balaban J connectivity index is 2.67. The fourth-order valence-electron chi connectivity index (χ4n) is 1.34. The van der Waals surface area contributed by atoms with Gasteiger partial charge in [-0.25, -0.2) is 0 Å². The highest BCUT2D eigenvalue weighted by Gasteiger charge is 2.09. The first kappa shape index (κ1) is 13.3. The summed E-state index contributed by atoms with van der Waals surface area (Å²) in [7, 11) is 1.64. The summed E-state index contributed by atoms with van der Waals surface area (Å²) in [4.78, 5) is 0. The van der Waals surface area contributed by atoms with Gasteiger partial charge >= 0.3 is 0 Å². The van der Waals surface area contributed by atoms with Crippen molar-refractivity contribution in [2.24, 2.45) is 0 Å². The first-order chi connectivity index (χ1) is 7.83. The highest BCUT2D eigenvalue weighted by Crippen LogP contribution is 2.32. The van der Waals surface area contributed by atoms with Gasteiger partial charge in [-0.1, -0.05) is 28.1 Å². The van der Waals surface area contributed by atoms with Gasteiger partial charge in [0, 0.05) is 17.5 Å². The van der Waals surface area contributed by atoms with E-state index in [1.165, 1.54) is 0 Å². The van der Waals surface area contributed by atoms with Crippen molar-refractivity contribution in [2.75, 3.05) is 26.9 Å². The molecule has 3 nitrogen and oxygen atoms in total. The van der Waals surface area contributed by atoms with Crippen LogP contribution in [0.2, 0.25) is 0 Å². The molecule has 90 valence electrons. The minimum atomic E-state index is 0.536. The van der Waals surface area contributed by atoms with E-state index in [0.29, 0.717) is 19.8 Å². The van der Waals surface area contributed by atoms with Crippen LogP contribution in [0.4, 0.5) is 0 Å². The number of para-hydroxylation sites is 1. The molecule has 0 fully saturated rings. The predicted octanol–water partition coefficient (Wildman–Crippen LogP) is 3.01. The van der Waals surface area contributed by atoms with Gasteiger partial charge < -0.3 is 14.2 Å². The predicted molar refractivity (Wildman–Crippen MR) is 67.6 cm³/mol. The van der Waals surface area contributed by atoms with E-state index in [4.69, 9.17) is 14.2 Å². The molecule has 0 aliphatic rings. The van der Waals surface area contributed by atoms with Crippen LogP contribution < -0.4 is 9.47 Å². The SMILES string of the molecule is CCOCCOc1c(CBr)cccc1OC. The molecule has 0 saturated carbocycles. The summed E-state index contributed by atoms with van der Waals surface area (Å²) in [5, 5.41) is 0.744. The molecule has 16 heavy (non-hydrogen) atoms. The summed E-state index contributed by atoms with van der Waals surface area (Å²) in [6, 6.07) is 5.85. The second kappa shape index (κ2) is 7.52. The molecule has 0 aromatic heterocycles. The summed E-state index contributed by atoms with van der Waals surface area (Å²) in [5.74, 6) is 1.55. The Labute approximate surface area is 105 Å². The minimum absolute atomic E-state index is 0.536. The van der Waals surface area contributed by atoms with E-state index in [-0.39, 0.29) is 0 Å². The number of benzene rings is 1. The van der Waals surface area contributed by atoms with Crippen molar-refractivity contribution in [3.8, 4) is 11.5 Å². The van der Waals surface area contributed by atoms with Crippen LogP contribution in [0.5, 0.6) is 11.5 Å². The summed E-state index contributed by atoms with van der Waals surface area (Å²) in [5.41, 5.74) is 1.08.